The van der Waals surface area contributed by atoms with Crippen molar-refractivity contribution in [3.05, 3.63) is 31.4 Å². The number of amides is 1. The second kappa shape index (κ2) is 6.29. The van der Waals surface area contributed by atoms with E-state index in [2.05, 4.69) is 19.6 Å². The van der Waals surface area contributed by atoms with Crippen LogP contribution in [0.15, 0.2) is 31.4 Å². The van der Waals surface area contributed by atoms with Crippen molar-refractivity contribution in [3.8, 4) is 0 Å². The lowest BCUT2D eigenvalue weighted by Crippen LogP contribution is -2.45. The van der Waals surface area contributed by atoms with Crippen LogP contribution in [0.4, 0.5) is 0 Å². The van der Waals surface area contributed by atoms with Gasteiger partial charge in [-0.15, -0.1) is 0 Å². The molecule has 1 aliphatic rings. The van der Waals surface area contributed by atoms with E-state index < -0.39 is 0 Å². The average Bonchev–Trinajstić information content (AvgIpc) is 3.21. The molecule has 0 saturated carbocycles. The molecule has 2 aromatic rings. The van der Waals surface area contributed by atoms with Crippen LogP contribution in [-0.2, 0) is 4.79 Å². The van der Waals surface area contributed by atoms with E-state index in [4.69, 9.17) is 0 Å². The molecule has 0 aliphatic carbocycles. The number of rotatable bonds is 4. The van der Waals surface area contributed by atoms with Gasteiger partial charge in [0, 0.05) is 25.5 Å². The van der Waals surface area contributed by atoms with Crippen molar-refractivity contribution in [2.45, 2.75) is 38.8 Å². The van der Waals surface area contributed by atoms with Gasteiger partial charge < -0.3 is 9.47 Å². The van der Waals surface area contributed by atoms with Gasteiger partial charge in [-0.1, -0.05) is 13.8 Å². The highest BCUT2D eigenvalue weighted by Gasteiger charge is 2.32. The summed E-state index contributed by atoms with van der Waals surface area (Å²) in [7, 11) is 0. The maximum Gasteiger partial charge on any atom is 0.247 e. The van der Waals surface area contributed by atoms with Gasteiger partial charge in [0.05, 0.1) is 12.4 Å². The van der Waals surface area contributed by atoms with E-state index in [-0.39, 0.29) is 17.9 Å². The molecule has 1 saturated heterocycles. The summed E-state index contributed by atoms with van der Waals surface area (Å²) in [5, 5.41) is 4.17. The predicted molar refractivity (Wildman–Crippen MR) is 81.0 cm³/mol. The van der Waals surface area contributed by atoms with Gasteiger partial charge >= 0.3 is 0 Å². The Morgan fingerprint density at radius 1 is 1.27 bits per heavy atom. The topological polar surface area (TPSA) is 68.8 Å². The second-order valence-electron chi connectivity index (χ2n) is 6.15. The molecule has 7 nitrogen and oxygen atoms in total. The lowest BCUT2D eigenvalue weighted by atomic mass is 10.00. The molecule has 118 valence electrons. The predicted octanol–water partition coefficient (Wildman–Crippen LogP) is 1.54. The molecule has 7 heteroatoms. The molecule has 0 bridgehead atoms. The average molecular weight is 302 g/mol. The Labute approximate surface area is 130 Å². The molecular formula is C15H22N6O. The lowest BCUT2D eigenvalue weighted by molar-refractivity contribution is -0.138. The van der Waals surface area contributed by atoms with Gasteiger partial charge in [-0.3, -0.25) is 4.79 Å². The lowest BCUT2D eigenvalue weighted by Gasteiger charge is -2.36. The Morgan fingerprint density at radius 2 is 2.14 bits per heavy atom. The number of hydrogen-bond donors (Lipinski definition) is 0. The molecule has 22 heavy (non-hydrogen) atoms. The van der Waals surface area contributed by atoms with E-state index in [1.54, 1.807) is 17.2 Å². The minimum Gasteiger partial charge on any atom is -0.339 e. The first-order chi connectivity index (χ1) is 10.7. The number of imidazole rings is 1. The highest BCUT2D eigenvalue weighted by molar-refractivity contribution is 5.80. The first-order valence-electron chi connectivity index (χ1n) is 7.77. The molecule has 0 aromatic carbocycles. The number of aromatic nitrogens is 5. The molecule has 0 N–H and O–H groups in total. The smallest absolute Gasteiger partial charge is 0.247 e. The van der Waals surface area contributed by atoms with Crippen molar-refractivity contribution in [2.24, 2.45) is 5.92 Å². The third-order valence-electron chi connectivity index (χ3n) is 4.26. The van der Waals surface area contributed by atoms with E-state index >= 15 is 0 Å². The summed E-state index contributed by atoms with van der Waals surface area (Å²) < 4.78 is 3.77. The second-order valence-corrected chi connectivity index (χ2v) is 6.15. The molecule has 1 aliphatic heterocycles. The molecule has 1 fully saturated rings. The van der Waals surface area contributed by atoms with Crippen LogP contribution in [0, 0.1) is 5.92 Å². The molecule has 3 heterocycles. The normalized spacial score (nSPS) is 20.3. The quantitative estimate of drug-likeness (QED) is 0.859. The number of likely N-dealkylation sites (tertiary alicyclic amines) is 1. The van der Waals surface area contributed by atoms with Gasteiger partial charge in [0.25, 0.3) is 0 Å². The Morgan fingerprint density at radius 3 is 2.77 bits per heavy atom. The fourth-order valence-electron chi connectivity index (χ4n) is 3.14. The van der Waals surface area contributed by atoms with Crippen LogP contribution in [0.25, 0.3) is 0 Å². The zero-order chi connectivity index (χ0) is 15.5. The zero-order valence-electron chi connectivity index (χ0n) is 13.0. The van der Waals surface area contributed by atoms with Gasteiger partial charge in [-0.05, 0) is 18.8 Å². The van der Waals surface area contributed by atoms with Crippen molar-refractivity contribution >= 4 is 5.91 Å². The number of nitrogens with zero attached hydrogens (tertiary/aromatic N) is 6. The highest BCUT2D eigenvalue weighted by atomic mass is 16.2. The molecule has 0 radical (unpaired) electrons. The van der Waals surface area contributed by atoms with E-state index in [0.29, 0.717) is 6.04 Å². The standard InChI is InChI=1S/C15H22N6O/c1-12(2)14(21-11-17-9-18-21)15(22)19-6-3-4-13(8-19)20-7-5-16-10-20/h5,7,9-14H,3-4,6,8H2,1-2H3/t13-,14-/m0/s1. The molecule has 0 unspecified atom stereocenters. The van der Waals surface area contributed by atoms with Crippen LogP contribution in [0.1, 0.15) is 38.8 Å². The molecular weight excluding hydrogens is 280 g/mol. The van der Waals surface area contributed by atoms with Crippen LogP contribution in [-0.4, -0.2) is 48.2 Å². The molecule has 1 amide bonds. The monoisotopic (exact) mass is 302 g/mol. The Balaban J connectivity index is 1.75. The third kappa shape index (κ3) is 2.88. The van der Waals surface area contributed by atoms with Crippen LogP contribution in [0.2, 0.25) is 0 Å². The summed E-state index contributed by atoms with van der Waals surface area (Å²) in [6.07, 6.45) is 10.8. The summed E-state index contributed by atoms with van der Waals surface area (Å²) in [5.74, 6) is 0.299. The van der Waals surface area contributed by atoms with Crippen LogP contribution in [0.3, 0.4) is 0 Å². The van der Waals surface area contributed by atoms with E-state index in [9.17, 15) is 4.79 Å². The Bertz CT molecular complexity index is 592. The molecule has 0 spiro atoms. The van der Waals surface area contributed by atoms with Crippen LogP contribution >= 0.6 is 0 Å². The van der Waals surface area contributed by atoms with Gasteiger partial charge in [0.1, 0.15) is 18.7 Å². The summed E-state index contributed by atoms with van der Waals surface area (Å²) in [4.78, 5) is 23.0. The van der Waals surface area contributed by atoms with E-state index in [0.717, 1.165) is 25.9 Å². The Hall–Kier alpha value is -2.18. The summed E-state index contributed by atoms with van der Waals surface area (Å²) in [6.45, 7) is 5.62. The number of hydrogen-bond acceptors (Lipinski definition) is 4. The van der Waals surface area contributed by atoms with Gasteiger partial charge in [0.2, 0.25) is 5.91 Å². The van der Waals surface area contributed by atoms with Gasteiger partial charge in [-0.2, -0.15) is 5.10 Å². The number of piperidine rings is 1. The minimum absolute atomic E-state index is 0.130. The third-order valence-corrected chi connectivity index (χ3v) is 4.26. The van der Waals surface area contributed by atoms with Crippen molar-refractivity contribution in [2.75, 3.05) is 13.1 Å². The van der Waals surface area contributed by atoms with E-state index in [1.165, 1.54) is 6.33 Å². The largest absolute Gasteiger partial charge is 0.339 e. The fraction of sp³-hybridized carbons (Fsp3) is 0.600. The van der Waals surface area contributed by atoms with Crippen molar-refractivity contribution in [3.63, 3.8) is 0 Å². The van der Waals surface area contributed by atoms with Gasteiger partial charge in [0.15, 0.2) is 0 Å². The number of carbonyl (C=O) groups is 1. The summed E-state index contributed by atoms with van der Waals surface area (Å²) in [5.41, 5.74) is 0. The van der Waals surface area contributed by atoms with E-state index in [1.807, 2.05) is 31.3 Å². The first-order valence-corrected chi connectivity index (χ1v) is 7.77. The van der Waals surface area contributed by atoms with Crippen LogP contribution in [0.5, 0.6) is 0 Å². The molecule has 2 atom stereocenters. The van der Waals surface area contributed by atoms with Gasteiger partial charge in [-0.25, -0.2) is 14.6 Å². The first kappa shape index (κ1) is 14.7. The Kier molecular flexibility index (Phi) is 4.22. The number of carbonyl (C=O) groups excluding carboxylic acids is 1. The maximum absolute atomic E-state index is 13.0. The van der Waals surface area contributed by atoms with Crippen LogP contribution < -0.4 is 0 Å². The summed E-state index contributed by atoms with van der Waals surface area (Å²) in [6, 6.07) is 0.0211. The zero-order valence-corrected chi connectivity index (χ0v) is 13.0. The molecule has 2 aromatic heterocycles. The minimum atomic E-state index is -0.288. The van der Waals surface area contributed by atoms with Crippen molar-refractivity contribution in [1.82, 2.24) is 29.2 Å². The summed E-state index contributed by atoms with van der Waals surface area (Å²) >= 11 is 0. The molecule has 3 rings (SSSR count). The fourth-order valence-corrected chi connectivity index (χ4v) is 3.14. The van der Waals surface area contributed by atoms with Crippen molar-refractivity contribution in [1.29, 1.82) is 0 Å². The van der Waals surface area contributed by atoms with Crippen molar-refractivity contribution < 1.29 is 4.79 Å². The maximum atomic E-state index is 13.0. The highest BCUT2D eigenvalue weighted by Crippen LogP contribution is 2.26. The SMILES string of the molecule is CC(C)[C@@H](C(=O)N1CCC[C@H](n2ccnc2)C1)n1cncn1.